The largest absolute Gasteiger partial charge is 1.04 e. The minimum absolute atomic E-state index is 0.382. The molecule has 0 aromatic carbocycles. The summed E-state index contributed by atoms with van der Waals surface area (Å²) in [6.07, 6.45) is 4.44. The molecule has 18 heavy (non-hydrogen) atoms. The molecular weight excluding hydrogens is 265 g/mol. The Balaban J connectivity index is 0.000000494. The van der Waals surface area contributed by atoms with Gasteiger partial charge in [-0.05, 0) is 20.3 Å². The third-order valence-electron chi connectivity index (χ3n) is 2.89. The van der Waals surface area contributed by atoms with Crippen molar-refractivity contribution in [3.05, 3.63) is 0 Å². The van der Waals surface area contributed by atoms with E-state index in [0.717, 1.165) is 6.73 Å². The molecule has 0 radical (unpaired) electrons. The number of ether oxygens (including phenoxy) is 1. The van der Waals surface area contributed by atoms with Gasteiger partial charge in [-0.2, -0.15) is 0 Å². The molecule has 0 bridgehead atoms. The van der Waals surface area contributed by atoms with E-state index in [0.29, 0.717) is 6.10 Å². The van der Waals surface area contributed by atoms with Gasteiger partial charge in [-0.1, -0.05) is 6.92 Å². The van der Waals surface area contributed by atoms with Gasteiger partial charge in [-0.25, -0.2) is 0 Å². The van der Waals surface area contributed by atoms with Gasteiger partial charge < -0.3 is 23.3 Å². The number of rotatable bonds is 5. The molecular formula is C11H24AlF4NO. The molecule has 0 amide bonds. The first kappa shape index (κ1) is 18.2. The number of likely N-dealkylation sites (tertiary alicyclic amines) is 1. The molecule has 0 atom stereocenters. The van der Waals surface area contributed by atoms with Gasteiger partial charge in [-0.15, -0.1) is 0 Å². The smallest absolute Gasteiger partial charge is 0.510 e. The van der Waals surface area contributed by atoms with Crippen LogP contribution in [0.3, 0.4) is 0 Å². The Labute approximate surface area is 111 Å². The molecule has 1 saturated heterocycles. The van der Waals surface area contributed by atoms with Gasteiger partial charge in [0.25, 0.3) is 0 Å². The maximum atomic E-state index is 9.85. The van der Waals surface area contributed by atoms with E-state index in [-0.39, 0.29) is 0 Å². The normalized spacial score (nSPS) is 18.7. The molecule has 0 aliphatic carbocycles. The van der Waals surface area contributed by atoms with Crippen molar-refractivity contribution in [1.82, 2.24) is 0 Å². The lowest BCUT2D eigenvalue weighted by molar-refractivity contribution is -0.935. The van der Waals surface area contributed by atoms with E-state index in [4.69, 9.17) is 4.74 Å². The van der Waals surface area contributed by atoms with Crippen molar-refractivity contribution in [2.24, 2.45) is 0 Å². The summed E-state index contributed by atoms with van der Waals surface area (Å²) in [5.41, 5.74) is 0. The fourth-order valence-electron chi connectivity index (χ4n) is 2.21. The topological polar surface area (TPSA) is 9.23 Å². The molecule has 0 saturated carbocycles. The minimum atomic E-state index is -6.83. The van der Waals surface area contributed by atoms with Gasteiger partial charge in [0.1, 0.15) is 0 Å². The minimum Gasteiger partial charge on any atom is -0.510 e. The Morgan fingerprint density at radius 2 is 1.56 bits per heavy atom. The van der Waals surface area contributed by atoms with Gasteiger partial charge in [0.15, 0.2) is 6.73 Å². The number of quaternary nitrogens is 1. The quantitative estimate of drug-likeness (QED) is 0.426. The first-order valence-corrected chi connectivity index (χ1v) is 8.27. The summed E-state index contributed by atoms with van der Waals surface area (Å²) in [6, 6.07) is 0. The highest BCUT2D eigenvalue weighted by atomic mass is 27.5. The SMILES string of the molecule is CCC[N+]1(COC(C)C)CCCC1.[F][Al-]([F])([F])[F]. The number of hydrogen-bond donors (Lipinski definition) is 0. The van der Waals surface area contributed by atoms with Crippen molar-refractivity contribution < 1.29 is 23.3 Å². The second-order valence-electron chi connectivity index (χ2n) is 5.06. The van der Waals surface area contributed by atoms with Crippen LogP contribution in [-0.2, 0) is 4.74 Å². The Hall–Kier alpha value is 0.172. The number of halogens is 4. The summed E-state index contributed by atoms with van der Waals surface area (Å²) in [6.45, 7) is 11.4. The molecule has 0 N–H and O–H groups in total. The van der Waals surface area contributed by atoms with E-state index in [1.807, 2.05) is 0 Å². The highest BCUT2D eigenvalue weighted by molar-refractivity contribution is 6.50. The molecule has 2 nitrogen and oxygen atoms in total. The first-order chi connectivity index (χ1) is 8.18. The van der Waals surface area contributed by atoms with Gasteiger partial charge >= 0.3 is 14.9 Å². The van der Waals surface area contributed by atoms with Crippen LogP contribution in [0.15, 0.2) is 0 Å². The zero-order chi connectivity index (χ0) is 14.2. The first-order valence-electron chi connectivity index (χ1n) is 6.52. The molecule has 0 aromatic rings. The van der Waals surface area contributed by atoms with Gasteiger partial charge in [0, 0.05) is 12.8 Å². The van der Waals surface area contributed by atoms with Crippen LogP contribution in [0.2, 0.25) is 0 Å². The van der Waals surface area contributed by atoms with Crippen molar-refractivity contribution >= 4 is 14.9 Å². The second kappa shape index (κ2) is 8.36. The van der Waals surface area contributed by atoms with Gasteiger partial charge in [-0.3, -0.25) is 0 Å². The second-order valence-corrected chi connectivity index (χ2v) is 6.05. The molecule has 7 heteroatoms. The van der Waals surface area contributed by atoms with Gasteiger partial charge in [0.05, 0.1) is 25.7 Å². The van der Waals surface area contributed by atoms with Crippen molar-refractivity contribution in [1.29, 1.82) is 0 Å². The monoisotopic (exact) mass is 289 g/mol. The lowest BCUT2D eigenvalue weighted by Crippen LogP contribution is -2.48. The van der Waals surface area contributed by atoms with Crippen LogP contribution in [0.25, 0.3) is 0 Å². The van der Waals surface area contributed by atoms with Crippen LogP contribution in [0.5, 0.6) is 0 Å². The Morgan fingerprint density at radius 3 is 1.89 bits per heavy atom. The molecule has 1 fully saturated rings. The third-order valence-corrected chi connectivity index (χ3v) is 2.89. The van der Waals surface area contributed by atoms with Crippen LogP contribution < -0.4 is 0 Å². The lowest BCUT2D eigenvalue weighted by Gasteiger charge is -2.34. The highest BCUT2D eigenvalue weighted by Gasteiger charge is 2.41. The zero-order valence-electron chi connectivity index (χ0n) is 11.5. The summed E-state index contributed by atoms with van der Waals surface area (Å²) < 4.78 is 46.4. The summed E-state index contributed by atoms with van der Waals surface area (Å²) in [7, 11) is 0. The number of hydrogen-bond acceptors (Lipinski definition) is 1. The van der Waals surface area contributed by atoms with Crippen LogP contribution in [-0.4, -0.2) is 51.9 Å². The zero-order valence-corrected chi connectivity index (χ0v) is 12.6. The molecule has 1 aliphatic rings. The Bertz CT molecular complexity index is 212. The maximum Gasteiger partial charge on any atom is 1.04 e. The third kappa shape index (κ3) is 10.1. The fraction of sp³-hybridized carbons (Fsp3) is 1.00. The maximum absolute atomic E-state index is 9.85. The molecule has 0 aromatic heterocycles. The van der Waals surface area contributed by atoms with E-state index in [9.17, 15) is 14.1 Å². The lowest BCUT2D eigenvalue weighted by atomic mass is 10.3. The number of nitrogens with zero attached hydrogens (tertiary/aromatic N) is 1. The standard InChI is InChI=1S/C11H24NO.Al.4FH/c1-4-7-12(8-5-6-9-12)10-13-11(2)3;;;;;/h11H,4-10H2,1-3H3;;4*1H/q+1;+3;;;;/p-4. The molecule has 1 heterocycles. The summed E-state index contributed by atoms with van der Waals surface area (Å²) in [5.74, 6) is 0. The van der Waals surface area contributed by atoms with E-state index in [2.05, 4.69) is 20.8 Å². The fourth-order valence-corrected chi connectivity index (χ4v) is 2.21. The average molecular weight is 289 g/mol. The van der Waals surface area contributed by atoms with Crippen LogP contribution >= 0.6 is 0 Å². The van der Waals surface area contributed by atoms with E-state index in [1.54, 1.807) is 0 Å². The van der Waals surface area contributed by atoms with Crippen LogP contribution in [0.4, 0.5) is 14.1 Å². The van der Waals surface area contributed by atoms with Crippen molar-refractivity contribution in [3.63, 3.8) is 0 Å². The van der Waals surface area contributed by atoms with E-state index in [1.165, 1.54) is 43.4 Å². The molecule has 110 valence electrons. The van der Waals surface area contributed by atoms with Crippen LogP contribution in [0.1, 0.15) is 40.0 Å². The summed E-state index contributed by atoms with van der Waals surface area (Å²) >= 11 is -6.83. The van der Waals surface area contributed by atoms with E-state index >= 15 is 0 Å². The predicted molar refractivity (Wildman–Crippen MR) is 65.7 cm³/mol. The van der Waals surface area contributed by atoms with Crippen LogP contribution in [0, 0.1) is 0 Å². The summed E-state index contributed by atoms with van der Waals surface area (Å²) in [4.78, 5) is 0. The average Bonchev–Trinajstić information content (AvgIpc) is 2.62. The Morgan fingerprint density at radius 1 is 1.11 bits per heavy atom. The molecule has 0 unspecified atom stereocenters. The highest BCUT2D eigenvalue weighted by Crippen LogP contribution is 2.20. The Kier molecular flexibility index (Phi) is 8.44. The van der Waals surface area contributed by atoms with Crippen molar-refractivity contribution in [2.75, 3.05) is 26.4 Å². The van der Waals surface area contributed by atoms with Crippen molar-refractivity contribution in [2.45, 2.75) is 46.1 Å². The molecule has 1 aliphatic heterocycles. The van der Waals surface area contributed by atoms with Gasteiger partial charge in [0.2, 0.25) is 0 Å². The molecule has 0 spiro atoms. The van der Waals surface area contributed by atoms with Crippen molar-refractivity contribution in [3.8, 4) is 0 Å². The summed E-state index contributed by atoms with van der Waals surface area (Å²) in [5, 5.41) is 0. The predicted octanol–water partition coefficient (Wildman–Crippen LogP) is 3.69. The van der Waals surface area contributed by atoms with E-state index < -0.39 is 14.9 Å². The molecule has 1 rings (SSSR count).